The summed E-state index contributed by atoms with van der Waals surface area (Å²) in [5, 5.41) is 18.2. The predicted octanol–water partition coefficient (Wildman–Crippen LogP) is 4.78. The van der Waals surface area contributed by atoms with E-state index in [1.54, 1.807) is 24.5 Å². The fraction of sp³-hybridized carbons (Fsp3) is 0.182. The molecule has 0 aliphatic carbocycles. The number of H-pyrrole nitrogens is 1. The smallest absolute Gasteiger partial charge is 0.294 e. The molecule has 1 atom stereocenters. The number of fused-ring (bicyclic) bond motifs is 4. The highest BCUT2D eigenvalue weighted by atomic mass is 19.1. The van der Waals surface area contributed by atoms with E-state index in [0.717, 1.165) is 23.6 Å². The van der Waals surface area contributed by atoms with Crippen LogP contribution in [0.5, 0.6) is 11.5 Å². The highest BCUT2D eigenvalue weighted by Gasteiger charge is 2.32. The Labute approximate surface area is 250 Å². The van der Waals surface area contributed by atoms with E-state index >= 15 is 0 Å². The van der Waals surface area contributed by atoms with Crippen LogP contribution in [0.2, 0.25) is 0 Å². The molecule has 2 N–H and O–H groups in total. The van der Waals surface area contributed by atoms with Gasteiger partial charge in [-0.2, -0.15) is 0 Å². The molecule has 10 nitrogen and oxygen atoms in total. The molecule has 0 fully saturated rings. The van der Waals surface area contributed by atoms with Crippen molar-refractivity contribution in [3.8, 4) is 22.9 Å². The normalized spacial score (nSPS) is 14.6. The number of benzene rings is 3. The number of aromatic amines is 1. The molecule has 0 saturated heterocycles. The first kappa shape index (κ1) is 27.3. The second kappa shape index (κ2) is 10.6. The summed E-state index contributed by atoms with van der Waals surface area (Å²) >= 11 is 0. The second-order valence-electron chi connectivity index (χ2n) is 10.9. The van der Waals surface area contributed by atoms with Crippen molar-refractivity contribution in [1.29, 1.82) is 0 Å². The molecular formula is C33H27FN6O4. The zero-order valence-electron chi connectivity index (χ0n) is 23.9. The van der Waals surface area contributed by atoms with Gasteiger partial charge in [-0.3, -0.25) is 19.0 Å². The van der Waals surface area contributed by atoms with E-state index in [9.17, 15) is 19.1 Å². The number of aromatic nitrogens is 5. The van der Waals surface area contributed by atoms with Crippen molar-refractivity contribution in [2.24, 2.45) is 0 Å². The topological polar surface area (TPSA) is 126 Å². The molecule has 4 heterocycles. The average molecular weight is 591 g/mol. The molecule has 3 aromatic carbocycles. The fourth-order valence-corrected chi connectivity index (χ4v) is 6.10. The number of amides is 1. The minimum Gasteiger partial charge on any atom is -0.502 e. The minimum atomic E-state index is -0.904. The molecule has 11 heteroatoms. The fourth-order valence-electron chi connectivity index (χ4n) is 6.10. The predicted molar refractivity (Wildman–Crippen MR) is 161 cm³/mol. The summed E-state index contributed by atoms with van der Waals surface area (Å²) in [5.74, 6) is -1.59. The number of hydrogen-bond acceptors (Lipinski definition) is 7. The number of nitrogens with one attached hydrogen (secondary N) is 1. The van der Waals surface area contributed by atoms with Gasteiger partial charge in [0.05, 0.1) is 24.2 Å². The molecule has 220 valence electrons. The molecule has 0 spiro atoms. The van der Waals surface area contributed by atoms with Crippen LogP contribution in [0.15, 0.2) is 77.9 Å². The lowest BCUT2D eigenvalue weighted by Gasteiger charge is -2.38. The van der Waals surface area contributed by atoms with Gasteiger partial charge in [0.15, 0.2) is 23.1 Å². The standard InChI is InChI=1S/C33H27FN6O4/c1-18-13-27-25(36-32(42)31-38-37-30(40(27)31)21-15-24(34)29(41)28(16-21)44-2)17-23(18)33(43)39-12-9-20-5-3-4-6-22(20)26(39)14-19-7-10-35-11-8-19/h3-8,10-11,13,15-17,26,41H,9,12,14H2,1-2H3,(H,36,42). The Morgan fingerprint density at radius 1 is 1.11 bits per heavy atom. The molecule has 6 aromatic rings. The van der Waals surface area contributed by atoms with Gasteiger partial charge in [-0.25, -0.2) is 4.39 Å². The van der Waals surface area contributed by atoms with E-state index in [0.29, 0.717) is 35.1 Å². The molecule has 1 aliphatic heterocycles. The first-order valence-electron chi connectivity index (χ1n) is 14.1. The summed E-state index contributed by atoms with van der Waals surface area (Å²) in [6, 6.07) is 17.9. The quantitative estimate of drug-likeness (QED) is 0.296. The number of methoxy groups -OCH3 is 1. The van der Waals surface area contributed by atoms with Crippen LogP contribution in [0.3, 0.4) is 0 Å². The van der Waals surface area contributed by atoms with E-state index in [1.165, 1.54) is 23.1 Å². The number of aromatic hydroxyl groups is 1. The van der Waals surface area contributed by atoms with Gasteiger partial charge in [-0.15, -0.1) is 10.2 Å². The molecule has 0 radical (unpaired) electrons. The number of hydrogen-bond donors (Lipinski definition) is 2. The van der Waals surface area contributed by atoms with Gasteiger partial charge in [0.2, 0.25) is 5.65 Å². The number of carbonyl (C=O) groups is 1. The molecule has 1 aliphatic rings. The number of halogens is 1. The Balaban J connectivity index is 1.35. The lowest BCUT2D eigenvalue weighted by molar-refractivity contribution is 0.0659. The summed E-state index contributed by atoms with van der Waals surface area (Å²) < 4.78 is 21.2. The Hall–Kier alpha value is -5.58. The van der Waals surface area contributed by atoms with Gasteiger partial charge < -0.3 is 19.7 Å². The van der Waals surface area contributed by atoms with E-state index in [-0.39, 0.29) is 34.7 Å². The zero-order valence-corrected chi connectivity index (χ0v) is 23.9. The number of aryl methyl sites for hydroxylation is 1. The number of phenolic OH excluding ortho intramolecular Hbond substituents is 1. The molecule has 0 saturated carbocycles. The third-order valence-electron chi connectivity index (χ3n) is 8.29. The highest BCUT2D eigenvalue weighted by molar-refractivity contribution is 5.99. The third kappa shape index (κ3) is 4.44. The van der Waals surface area contributed by atoms with Gasteiger partial charge in [0.1, 0.15) is 0 Å². The maximum atomic E-state index is 14.6. The number of nitrogens with zero attached hydrogens (tertiary/aromatic N) is 5. The van der Waals surface area contributed by atoms with Crippen LogP contribution in [0.25, 0.3) is 28.1 Å². The summed E-state index contributed by atoms with van der Waals surface area (Å²) in [7, 11) is 1.31. The van der Waals surface area contributed by atoms with Gasteiger partial charge in [-0.05, 0) is 78.4 Å². The molecule has 1 amide bonds. The number of phenols is 1. The van der Waals surface area contributed by atoms with Crippen LogP contribution in [0, 0.1) is 12.7 Å². The minimum absolute atomic E-state index is 0.00322. The van der Waals surface area contributed by atoms with Gasteiger partial charge in [-0.1, -0.05) is 24.3 Å². The maximum Gasteiger partial charge on any atom is 0.294 e. The maximum absolute atomic E-state index is 14.6. The first-order chi connectivity index (χ1) is 21.3. The summed E-state index contributed by atoms with van der Waals surface area (Å²) in [6.45, 7) is 2.38. The molecule has 3 aromatic heterocycles. The summed E-state index contributed by atoms with van der Waals surface area (Å²) in [6.07, 6.45) is 4.87. The van der Waals surface area contributed by atoms with Crippen molar-refractivity contribution in [1.82, 2.24) is 29.5 Å². The average Bonchev–Trinajstić information content (AvgIpc) is 3.49. The van der Waals surface area contributed by atoms with Crippen molar-refractivity contribution < 1.29 is 19.0 Å². The van der Waals surface area contributed by atoms with E-state index in [2.05, 4.69) is 32.3 Å². The lowest BCUT2D eigenvalue weighted by Crippen LogP contribution is -2.41. The Kier molecular flexibility index (Phi) is 6.57. The Bertz CT molecular complexity index is 2140. The van der Waals surface area contributed by atoms with Crippen LogP contribution < -0.4 is 10.3 Å². The van der Waals surface area contributed by atoms with Crippen molar-refractivity contribution in [2.45, 2.75) is 25.8 Å². The Morgan fingerprint density at radius 3 is 2.70 bits per heavy atom. The SMILES string of the molecule is COc1cc(-c2nnc3c(=O)[nH]c4cc(C(=O)N5CCc6ccccc6C5Cc5ccncc5)c(C)cc4n23)cc(F)c1O. The second-order valence-corrected chi connectivity index (χ2v) is 10.9. The van der Waals surface area contributed by atoms with Crippen molar-refractivity contribution in [3.05, 3.63) is 117 Å². The van der Waals surface area contributed by atoms with Crippen molar-refractivity contribution in [2.75, 3.05) is 13.7 Å². The lowest BCUT2D eigenvalue weighted by atomic mass is 9.88. The van der Waals surface area contributed by atoms with Crippen LogP contribution in [0.1, 0.15) is 38.7 Å². The molecule has 44 heavy (non-hydrogen) atoms. The Morgan fingerprint density at radius 2 is 1.91 bits per heavy atom. The summed E-state index contributed by atoms with van der Waals surface area (Å²) in [5.41, 5.74) is 5.21. The molecule has 7 rings (SSSR count). The van der Waals surface area contributed by atoms with Crippen molar-refractivity contribution in [3.63, 3.8) is 0 Å². The number of carbonyl (C=O) groups excluding carboxylic acids is 1. The zero-order chi connectivity index (χ0) is 30.5. The van der Waals surface area contributed by atoms with Gasteiger partial charge in [0.25, 0.3) is 11.5 Å². The number of ether oxygens (including phenoxy) is 1. The van der Waals surface area contributed by atoms with E-state index in [1.807, 2.05) is 36.1 Å². The monoisotopic (exact) mass is 590 g/mol. The number of rotatable bonds is 5. The summed E-state index contributed by atoms with van der Waals surface area (Å²) in [4.78, 5) is 36.3. The molecule has 0 bridgehead atoms. The van der Waals surface area contributed by atoms with Crippen LogP contribution in [-0.2, 0) is 12.8 Å². The first-order valence-corrected chi connectivity index (χ1v) is 14.1. The van der Waals surface area contributed by atoms with E-state index < -0.39 is 17.1 Å². The van der Waals surface area contributed by atoms with Crippen LogP contribution >= 0.6 is 0 Å². The van der Waals surface area contributed by atoms with Crippen LogP contribution in [0.4, 0.5) is 4.39 Å². The van der Waals surface area contributed by atoms with Crippen LogP contribution in [-0.4, -0.2) is 54.1 Å². The number of pyridine rings is 1. The van der Waals surface area contributed by atoms with Gasteiger partial charge in [0, 0.05) is 30.1 Å². The van der Waals surface area contributed by atoms with Gasteiger partial charge >= 0.3 is 0 Å². The van der Waals surface area contributed by atoms with Crippen molar-refractivity contribution >= 4 is 22.6 Å². The molecular weight excluding hydrogens is 563 g/mol. The third-order valence-corrected chi connectivity index (χ3v) is 8.29. The molecule has 1 unspecified atom stereocenters. The van der Waals surface area contributed by atoms with E-state index in [4.69, 9.17) is 4.74 Å². The largest absolute Gasteiger partial charge is 0.502 e. The highest BCUT2D eigenvalue weighted by Crippen LogP contribution is 2.36.